The van der Waals surface area contributed by atoms with E-state index in [4.69, 9.17) is 14.0 Å². The van der Waals surface area contributed by atoms with Crippen LogP contribution in [0.15, 0.2) is 30.3 Å². The van der Waals surface area contributed by atoms with E-state index in [1.54, 1.807) is 0 Å². The van der Waals surface area contributed by atoms with Crippen LogP contribution in [0, 0.1) is 5.41 Å². The lowest BCUT2D eigenvalue weighted by molar-refractivity contribution is -0.143. The van der Waals surface area contributed by atoms with Gasteiger partial charge in [0.15, 0.2) is 6.23 Å². The molecule has 0 aliphatic carbocycles. The first kappa shape index (κ1) is 21.9. The van der Waals surface area contributed by atoms with Crippen LogP contribution in [0.5, 0.6) is 5.75 Å². The molecule has 2 atom stereocenters. The largest absolute Gasteiger partial charge is 0.473 e. The topological polar surface area (TPSA) is 48.0 Å². The fraction of sp³-hybridized carbons (Fsp3) is 0.667. The molecule has 1 aromatic rings. The summed E-state index contributed by atoms with van der Waals surface area (Å²) in [5.41, 5.74) is -0.763. The van der Waals surface area contributed by atoms with Crippen molar-refractivity contribution < 1.29 is 18.8 Å². The van der Waals surface area contributed by atoms with E-state index in [1.165, 1.54) is 0 Å². The summed E-state index contributed by atoms with van der Waals surface area (Å²) in [4.78, 5) is 13.1. The number of para-hydroxylation sites is 1. The highest BCUT2D eigenvalue weighted by Crippen LogP contribution is 2.33. The van der Waals surface area contributed by atoms with Crippen molar-refractivity contribution in [3.05, 3.63) is 30.3 Å². The lowest BCUT2D eigenvalue weighted by Crippen LogP contribution is -2.54. The third-order valence-electron chi connectivity index (χ3n) is 4.18. The maximum absolute atomic E-state index is 13.1. The quantitative estimate of drug-likeness (QED) is 0.592. The molecule has 5 nitrogen and oxygen atoms in total. The van der Waals surface area contributed by atoms with E-state index in [1.807, 2.05) is 62.7 Å². The first-order chi connectivity index (χ1) is 12.4. The van der Waals surface area contributed by atoms with E-state index in [2.05, 4.69) is 20.8 Å². The van der Waals surface area contributed by atoms with E-state index >= 15 is 0 Å². The van der Waals surface area contributed by atoms with Gasteiger partial charge in [0.1, 0.15) is 11.4 Å². The SMILES string of the molecule is CC(C)(C)C[Si](C)(ON1CCCC1Oc1ccccc1)C(=O)OC(C)(C)C. The number of hydrogen-bond acceptors (Lipinski definition) is 5. The number of hydroxylamine groups is 2. The Morgan fingerprint density at radius 1 is 1.15 bits per heavy atom. The molecule has 0 N–H and O–H groups in total. The van der Waals surface area contributed by atoms with Crippen LogP contribution in [0.25, 0.3) is 0 Å². The van der Waals surface area contributed by atoms with Gasteiger partial charge in [0.2, 0.25) is 0 Å². The summed E-state index contributed by atoms with van der Waals surface area (Å²) in [6.07, 6.45) is 1.68. The number of benzene rings is 1. The van der Waals surface area contributed by atoms with Crippen molar-refractivity contribution in [1.29, 1.82) is 0 Å². The highest BCUT2D eigenvalue weighted by atomic mass is 28.4. The molecule has 27 heavy (non-hydrogen) atoms. The number of carbonyl (C=O) groups excluding carboxylic acids is 1. The first-order valence-corrected chi connectivity index (χ1v) is 12.4. The zero-order chi connectivity index (χ0) is 20.3. The molecule has 0 amide bonds. The van der Waals surface area contributed by atoms with Gasteiger partial charge < -0.3 is 14.0 Å². The van der Waals surface area contributed by atoms with Crippen molar-refractivity contribution in [1.82, 2.24) is 5.06 Å². The van der Waals surface area contributed by atoms with Gasteiger partial charge in [-0.1, -0.05) is 39.0 Å². The second kappa shape index (κ2) is 8.33. The number of hydrogen-bond donors (Lipinski definition) is 0. The fourth-order valence-electron chi connectivity index (χ4n) is 3.39. The summed E-state index contributed by atoms with van der Waals surface area (Å²) < 4.78 is 18.3. The smallest absolute Gasteiger partial charge is 0.341 e. The van der Waals surface area contributed by atoms with Crippen molar-refractivity contribution in [2.45, 2.75) is 78.8 Å². The van der Waals surface area contributed by atoms with E-state index in [0.717, 1.165) is 25.1 Å². The zero-order valence-corrected chi connectivity index (χ0v) is 18.9. The Kier molecular flexibility index (Phi) is 6.76. The third-order valence-corrected chi connectivity index (χ3v) is 7.52. The number of nitrogens with zero attached hydrogens (tertiary/aromatic N) is 1. The Bertz CT molecular complexity index is 623. The van der Waals surface area contributed by atoms with Crippen LogP contribution in [-0.2, 0) is 9.26 Å². The summed E-state index contributed by atoms with van der Waals surface area (Å²) in [6.45, 7) is 14.8. The van der Waals surface area contributed by atoms with Gasteiger partial charge in [0.25, 0.3) is 0 Å². The first-order valence-electron chi connectivity index (χ1n) is 9.79. The molecular formula is C21H35NO4Si. The van der Waals surface area contributed by atoms with Crippen LogP contribution in [0.2, 0.25) is 12.6 Å². The molecule has 1 aliphatic heterocycles. The average Bonchev–Trinajstić information content (AvgIpc) is 2.91. The van der Waals surface area contributed by atoms with Gasteiger partial charge in [0.05, 0.1) is 0 Å². The molecule has 0 bridgehead atoms. The van der Waals surface area contributed by atoms with Crippen molar-refractivity contribution in [3.63, 3.8) is 0 Å². The van der Waals surface area contributed by atoms with Crippen LogP contribution < -0.4 is 4.74 Å². The minimum absolute atomic E-state index is 0.0343. The fourth-order valence-corrected chi connectivity index (χ4v) is 6.94. The highest BCUT2D eigenvalue weighted by molar-refractivity contribution is 6.99. The van der Waals surface area contributed by atoms with Gasteiger partial charge in [-0.3, -0.25) is 4.79 Å². The molecule has 0 spiro atoms. The van der Waals surface area contributed by atoms with Gasteiger partial charge >= 0.3 is 13.9 Å². The van der Waals surface area contributed by atoms with Crippen molar-refractivity contribution >= 4 is 13.9 Å². The highest BCUT2D eigenvalue weighted by Gasteiger charge is 2.49. The molecule has 0 aromatic heterocycles. The van der Waals surface area contributed by atoms with Crippen LogP contribution in [-0.4, -0.2) is 37.3 Å². The van der Waals surface area contributed by atoms with Crippen LogP contribution >= 0.6 is 0 Å². The second-order valence-corrected chi connectivity index (χ2v) is 13.1. The molecule has 0 radical (unpaired) electrons. The van der Waals surface area contributed by atoms with Crippen molar-refractivity contribution in [3.8, 4) is 5.75 Å². The van der Waals surface area contributed by atoms with Crippen LogP contribution in [0.1, 0.15) is 54.4 Å². The molecule has 1 aromatic carbocycles. The van der Waals surface area contributed by atoms with Gasteiger partial charge in [-0.2, -0.15) is 5.06 Å². The summed E-state index contributed by atoms with van der Waals surface area (Å²) >= 11 is 0. The summed E-state index contributed by atoms with van der Waals surface area (Å²) in [7, 11) is -2.84. The number of rotatable bonds is 6. The normalized spacial score (nSPS) is 20.9. The average molecular weight is 394 g/mol. The molecule has 1 fully saturated rings. The Morgan fingerprint density at radius 2 is 1.78 bits per heavy atom. The Morgan fingerprint density at radius 3 is 2.33 bits per heavy atom. The van der Waals surface area contributed by atoms with E-state index < -0.39 is 13.9 Å². The molecule has 1 aliphatic rings. The molecule has 6 heteroatoms. The van der Waals surface area contributed by atoms with Gasteiger partial charge in [-0.25, -0.2) is 0 Å². The summed E-state index contributed by atoms with van der Waals surface area (Å²) in [5, 5.41) is 1.87. The molecule has 0 saturated carbocycles. The Labute approximate surface area is 165 Å². The van der Waals surface area contributed by atoms with Gasteiger partial charge in [-0.15, -0.1) is 0 Å². The van der Waals surface area contributed by atoms with Gasteiger partial charge in [0, 0.05) is 13.0 Å². The third kappa shape index (κ3) is 6.94. The predicted molar refractivity (Wildman–Crippen MR) is 110 cm³/mol. The van der Waals surface area contributed by atoms with Crippen molar-refractivity contribution in [2.24, 2.45) is 5.41 Å². The van der Waals surface area contributed by atoms with Crippen LogP contribution in [0.3, 0.4) is 0 Å². The minimum atomic E-state index is -2.84. The monoisotopic (exact) mass is 393 g/mol. The maximum atomic E-state index is 13.1. The standard InChI is InChI=1S/C21H35NO4Si/c1-20(2,3)16-27(7,19(23)25-21(4,5)6)26-22-15-11-14-18(22)24-17-12-9-8-10-13-17/h8-10,12-13,18H,11,14-16H2,1-7H3. The zero-order valence-electron chi connectivity index (χ0n) is 17.9. The van der Waals surface area contributed by atoms with E-state index in [9.17, 15) is 4.79 Å². The van der Waals surface area contributed by atoms with Crippen LogP contribution in [0.4, 0.5) is 4.79 Å². The Hall–Kier alpha value is -1.37. The number of carbonyl (C=O) groups is 1. The summed E-state index contributed by atoms with van der Waals surface area (Å²) in [5.74, 6) is 0.814. The van der Waals surface area contributed by atoms with Gasteiger partial charge in [-0.05, 0) is 57.3 Å². The van der Waals surface area contributed by atoms with Crippen molar-refractivity contribution in [2.75, 3.05) is 6.54 Å². The minimum Gasteiger partial charge on any atom is -0.473 e. The second-order valence-electron chi connectivity index (χ2n) is 9.73. The van der Waals surface area contributed by atoms with E-state index in [-0.39, 0.29) is 17.2 Å². The van der Waals surface area contributed by atoms with E-state index in [0.29, 0.717) is 6.04 Å². The lowest BCUT2D eigenvalue weighted by Gasteiger charge is -2.37. The molecule has 1 saturated heterocycles. The summed E-state index contributed by atoms with van der Waals surface area (Å²) in [6, 6.07) is 10.4. The lowest BCUT2D eigenvalue weighted by atomic mass is 10.0. The molecule has 1 heterocycles. The molecule has 152 valence electrons. The Balaban J connectivity index is 2.16. The molecular weight excluding hydrogens is 358 g/mol. The molecule has 2 rings (SSSR count). The number of ether oxygens (including phenoxy) is 2. The molecule has 2 unspecified atom stereocenters. The maximum Gasteiger partial charge on any atom is 0.341 e. The predicted octanol–water partition coefficient (Wildman–Crippen LogP) is 5.56.